The van der Waals surface area contributed by atoms with E-state index in [1.165, 1.54) is 6.92 Å². The van der Waals surface area contributed by atoms with Crippen molar-refractivity contribution < 1.29 is 22.9 Å². The molecule has 0 spiro atoms. The van der Waals surface area contributed by atoms with E-state index < -0.39 is 21.3 Å². The molecule has 0 aliphatic heterocycles. The molecule has 2 unspecified atom stereocenters. The highest BCUT2D eigenvalue weighted by molar-refractivity contribution is 7.86. The highest BCUT2D eigenvalue weighted by Gasteiger charge is 2.33. The van der Waals surface area contributed by atoms with E-state index in [-0.39, 0.29) is 23.6 Å². The Bertz CT molecular complexity index is 465. The second-order valence-electron chi connectivity index (χ2n) is 4.69. The minimum atomic E-state index is -4.34. The van der Waals surface area contributed by atoms with Crippen molar-refractivity contribution in [1.82, 2.24) is 4.90 Å². The monoisotopic (exact) mass is 307 g/mol. The van der Waals surface area contributed by atoms with Crippen LogP contribution in [0.2, 0.25) is 0 Å². The first kappa shape index (κ1) is 19.1. The van der Waals surface area contributed by atoms with Crippen molar-refractivity contribution in [1.29, 1.82) is 0 Å². The third kappa shape index (κ3) is 4.57. The van der Waals surface area contributed by atoms with E-state index in [1.807, 2.05) is 18.7 Å². The molecule has 2 N–H and O–H groups in total. The number of hydrogen-bond acceptors (Lipinski definition) is 4. The second-order valence-corrected chi connectivity index (χ2v) is 6.29. The van der Waals surface area contributed by atoms with Crippen LogP contribution >= 0.6 is 0 Å². The van der Waals surface area contributed by atoms with Crippen molar-refractivity contribution >= 4 is 16.1 Å². The maximum absolute atomic E-state index is 11.5. The zero-order chi connectivity index (χ0) is 16.1. The van der Waals surface area contributed by atoms with Crippen LogP contribution in [0.3, 0.4) is 0 Å². The zero-order valence-corrected chi connectivity index (χ0v) is 13.6. The Morgan fingerprint density at radius 1 is 1.20 bits per heavy atom. The Balaban J connectivity index is 6.00. The number of rotatable bonds is 8. The van der Waals surface area contributed by atoms with Gasteiger partial charge >= 0.3 is 5.97 Å². The molecule has 0 fully saturated rings. The van der Waals surface area contributed by atoms with E-state index in [4.69, 9.17) is 0 Å². The number of nitrogens with zero attached hydrogens (tertiary/aromatic N) is 1. The topological polar surface area (TPSA) is 94.9 Å². The summed E-state index contributed by atoms with van der Waals surface area (Å²) in [6.45, 7) is 9.92. The van der Waals surface area contributed by atoms with Gasteiger partial charge < -0.3 is 5.11 Å². The van der Waals surface area contributed by atoms with E-state index in [0.717, 1.165) is 0 Å². The summed E-state index contributed by atoms with van der Waals surface area (Å²) in [4.78, 5) is 13.2. The molecule has 0 aliphatic carbocycles. The van der Waals surface area contributed by atoms with Crippen molar-refractivity contribution in [2.45, 2.75) is 52.3 Å². The van der Waals surface area contributed by atoms with Gasteiger partial charge in [-0.2, -0.15) is 8.42 Å². The van der Waals surface area contributed by atoms with Crippen molar-refractivity contribution in [3.05, 3.63) is 11.1 Å². The molecular weight excluding hydrogens is 282 g/mol. The second kappa shape index (κ2) is 7.75. The van der Waals surface area contributed by atoms with Crippen molar-refractivity contribution in [3.63, 3.8) is 0 Å². The molecule has 2 atom stereocenters. The molecule has 0 aromatic heterocycles. The molecule has 0 saturated carbocycles. The molecule has 0 amide bonds. The van der Waals surface area contributed by atoms with Gasteiger partial charge in [-0.05, 0) is 38.9 Å². The van der Waals surface area contributed by atoms with Gasteiger partial charge in [0.2, 0.25) is 0 Å². The van der Waals surface area contributed by atoms with Gasteiger partial charge in [0.1, 0.15) is 5.25 Å². The lowest BCUT2D eigenvalue weighted by Crippen LogP contribution is -2.40. The maximum atomic E-state index is 11.5. The molecule has 118 valence electrons. The first-order valence-corrected chi connectivity index (χ1v) is 8.26. The predicted molar refractivity (Wildman–Crippen MR) is 78.3 cm³/mol. The van der Waals surface area contributed by atoms with Gasteiger partial charge in [-0.15, -0.1) is 0 Å². The highest BCUT2D eigenvalue weighted by atomic mass is 32.2. The van der Waals surface area contributed by atoms with E-state index in [2.05, 4.69) is 0 Å². The maximum Gasteiger partial charge on any atom is 0.331 e. The molecular formula is C13H25NO5S. The van der Waals surface area contributed by atoms with Crippen LogP contribution in [-0.2, 0) is 14.9 Å². The Morgan fingerprint density at radius 2 is 1.65 bits per heavy atom. The summed E-state index contributed by atoms with van der Waals surface area (Å²) in [5.41, 5.74) is 0.236. The fraction of sp³-hybridized carbons (Fsp3) is 0.769. The van der Waals surface area contributed by atoms with Crippen LogP contribution in [0.1, 0.15) is 41.0 Å². The Morgan fingerprint density at radius 3 is 1.90 bits per heavy atom. The summed E-state index contributed by atoms with van der Waals surface area (Å²) in [5, 5.41) is 8.00. The average molecular weight is 307 g/mol. The molecule has 6 nitrogen and oxygen atoms in total. The fourth-order valence-electron chi connectivity index (χ4n) is 2.51. The van der Waals surface area contributed by atoms with Crippen LogP contribution < -0.4 is 0 Å². The molecule has 0 bridgehead atoms. The third-order valence-electron chi connectivity index (χ3n) is 3.64. The van der Waals surface area contributed by atoms with E-state index in [0.29, 0.717) is 13.1 Å². The van der Waals surface area contributed by atoms with Gasteiger partial charge in [-0.25, -0.2) is 4.79 Å². The van der Waals surface area contributed by atoms with Crippen LogP contribution in [-0.4, -0.2) is 53.3 Å². The number of hydrogen-bond donors (Lipinski definition) is 2. The van der Waals surface area contributed by atoms with Gasteiger partial charge in [-0.3, -0.25) is 9.45 Å². The Hall–Kier alpha value is -0.920. The van der Waals surface area contributed by atoms with Crippen molar-refractivity contribution in [2.24, 2.45) is 0 Å². The lowest BCUT2D eigenvalue weighted by atomic mass is 9.96. The van der Waals surface area contributed by atoms with Crippen LogP contribution in [0.25, 0.3) is 0 Å². The van der Waals surface area contributed by atoms with Gasteiger partial charge in [-0.1, -0.05) is 20.8 Å². The molecule has 0 heterocycles. The Kier molecular flexibility index (Phi) is 7.40. The van der Waals surface area contributed by atoms with Crippen molar-refractivity contribution in [3.8, 4) is 0 Å². The van der Waals surface area contributed by atoms with E-state index >= 15 is 0 Å². The first-order chi connectivity index (χ1) is 9.11. The van der Waals surface area contributed by atoms with Crippen molar-refractivity contribution in [2.75, 3.05) is 13.1 Å². The molecule has 0 aromatic carbocycles. The largest absolute Gasteiger partial charge is 0.478 e. The predicted octanol–water partition coefficient (Wildman–Crippen LogP) is 1.78. The molecule has 0 saturated heterocycles. The summed E-state index contributed by atoms with van der Waals surface area (Å²) in [7, 11) is -4.34. The average Bonchev–Trinajstić information content (AvgIpc) is 2.34. The molecule has 0 aliphatic rings. The SMILES string of the molecule is CCC(/C(=C(\C)C(=O)O)C(C)N(CC)CC)S(=O)(=O)O. The summed E-state index contributed by atoms with van der Waals surface area (Å²) < 4.78 is 32.5. The zero-order valence-electron chi connectivity index (χ0n) is 12.8. The Labute approximate surface area is 121 Å². The minimum absolute atomic E-state index is 0.0196. The highest BCUT2D eigenvalue weighted by Crippen LogP contribution is 2.25. The number of likely N-dealkylation sites (N-methyl/N-ethyl adjacent to an activating group) is 1. The minimum Gasteiger partial charge on any atom is -0.478 e. The smallest absolute Gasteiger partial charge is 0.331 e. The molecule has 7 heteroatoms. The summed E-state index contributed by atoms with van der Waals surface area (Å²) in [6, 6.07) is -0.368. The fourth-order valence-corrected chi connectivity index (χ4v) is 3.62. The van der Waals surface area contributed by atoms with Gasteiger partial charge in [0.25, 0.3) is 10.1 Å². The molecule has 0 rings (SSSR count). The summed E-state index contributed by atoms with van der Waals surface area (Å²) in [5.74, 6) is -1.17. The normalized spacial score (nSPS) is 16.8. The number of aliphatic carboxylic acids is 1. The summed E-state index contributed by atoms with van der Waals surface area (Å²) in [6.07, 6.45) is 0.129. The number of carboxylic acids is 1. The quantitative estimate of drug-likeness (QED) is 0.524. The lowest BCUT2D eigenvalue weighted by Gasteiger charge is -2.32. The van der Waals surface area contributed by atoms with E-state index in [1.54, 1.807) is 13.8 Å². The van der Waals surface area contributed by atoms with Gasteiger partial charge in [0.15, 0.2) is 0 Å². The van der Waals surface area contributed by atoms with Gasteiger partial charge in [0, 0.05) is 11.6 Å². The number of carbonyl (C=O) groups is 1. The van der Waals surface area contributed by atoms with Crippen LogP contribution in [0, 0.1) is 0 Å². The first-order valence-electron chi connectivity index (χ1n) is 6.75. The summed E-state index contributed by atoms with van der Waals surface area (Å²) >= 11 is 0. The van der Waals surface area contributed by atoms with Crippen LogP contribution in [0.4, 0.5) is 0 Å². The number of carboxylic acid groups (broad SMARTS) is 1. The van der Waals surface area contributed by atoms with Crippen LogP contribution in [0.5, 0.6) is 0 Å². The molecule has 20 heavy (non-hydrogen) atoms. The lowest BCUT2D eigenvalue weighted by molar-refractivity contribution is -0.132. The van der Waals surface area contributed by atoms with Gasteiger partial charge in [0.05, 0.1) is 0 Å². The standard InChI is InChI=1S/C13H25NO5S/c1-6-11(20(17,18)19)12(9(4)13(15)16)10(5)14(7-2)8-3/h10-11H,6-8H2,1-5H3,(H,15,16)(H,17,18,19)/b12-9+. The van der Waals surface area contributed by atoms with E-state index in [9.17, 15) is 22.9 Å². The third-order valence-corrected chi connectivity index (χ3v) is 4.95. The molecule has 0 aromatic rings. The van der Waals surface area contributed by atoms with Crippen LogP contribution in [0.15, 0.2) is 11.1 Å². The molecule has 0 radical (unpaired) electrons.